The molecule has 0 radical (unpaired) electrons. The van der Waals surface area contributed by atoms with Crippen molar-refractivity contribution in [2.75, 3.05) is 17.7 Å². The lowest BCUT2D eigenvalue weighted by Crippen LogP contribution is -2.33. The minimum atomic E-state index is -1.44. The summed E-state index contributed by atoms with van der Waals surface area (Å²) in [6, 6.07) is 9.26. The Bertz CT molecular complexity index is 1420. The molecule has 6 nitrogen and oxygen atoms in total. The van der Waals surface area contributed by atoms with Crippen molar-refractivity contribution in [3.05, 3.63) is 75.4 Å². The fourth-order valence-electron chi connectivity index (χ4n) is 4.55. The lowest BCUT2D eigenvalue weighted by atomic mass is 9.88. The van der Waals surface area contributed by atoms with Crippen LogP contribution in [0.5, 0.6) is 5.75 Å². The molecule has 33 heavy (non-hydrogen) atoms. The number of para-hydroxylation sites is 1. The third kappa shape index (κ3) is 3.72. The van der Waals surface area contributed by atoms with Gasteiger partial charge < -0.3 is 14.5 Å². The Labute approximate surface area is 193 Å². The average molecular weight is 469 g/mol. The van der Waals surface area contributed by atoms with Gasteiger partial charge in [0.1, 0.15) is 23.7 Å². The highest BCUT2D eigenvalue weighted by Crippen LogP contribution is 2.47. The molecule has 5 rings (SSSR count). The molecule has 3 aromatic rings. The second-order valence-corrected chi connectivity index (χ2v) is 10.9. The molecule has 0 fully saturated rings. The molecule has 3 heterocycles. The Hall–Kier alpha value is -3.13. The molecular weight excluding hydrogens is 443 g/mol. The van der Waals surface area contributed by atoms with E-state index in [1.54, 1.807) is 24.3 Å². The first-order valence-corrected chi connectivity index (χ1v) is 12.1. The first-order valence-electron chi connectivity index (χ1n) is 10.7. The van der Waals surface area contributed by atoms with Gasteiger partial charge in [-0.3, -0.25) is 4.21 Å². The van der Waals surface area contributed by atoms with Crippen LogP contribution < -0.4 is 15.8 Å². The van der Waals surface area contributed by atoms with E-state index in [0.29, 0.717) is 57.5 Å². The summed E-state index contributed by atoms with van der Waals surface area (Å²) in [6.07, 6.45) is 0.510. The monoisotopic (exact) mass is 468 g/mol. The molecule has 8 heteroatoms. The zero-order valence-electron chi connectivity index (χ0n) is 18.7. The van der Waals surface area contributed by atoms with Crippen molar-refractivity contribution in [3.8, 4) is 5.75 Å². The number of anilines is 1. The Morgan fingerprint density at radius 1 is 1.36 bits per heavy atom. The maximum atomic E-state index is 15.4. The van der Waals surface area contributed by atoms with Crippen LogP contribution in [0.3, 0.4) is 0 Å². The summed E-state index contributed by atoms with van der Waals surface area (Å²) in [6.45, 7) is 9.96. The number of ether oxygens (including phenoxy) is 1. The highest BCUT2D eigenvalue weighted by molar-refractivity contribution is 7.89. The maximum absolute atomic E-state index is 15.4. The SMILES string of the molecule is C=C(C)COc1ccc(C2Nc3cccc4oc(=O)n(c34)C3=C2S(=O)CC(C)(C)C3)c(F)c1. The number of nitrogens with one attached hydrogen (secondary N) is 1. The van der Waals surface area contributed by atoms with Crippen LogP contribution in [0, 0.1) is 11.2 Å². The van der Waals surface area contributed by atoms with E-state index in [9.17, 15) is 9.00 Å². The molecule has 2 atom stereocenters. The number of rotatable bonds is 4. The van der Waals surface area contributed by atoms with E-state index in [-0.39, 0.29) is 5.41 Å². The molecule has 0 saturated carbocycles. The summed E-state index contributed by atoms with van der Waals surface area (Å²) in [4.78, 5) is 13.4. The normalized spacial score (nSPS) is 21.3. The molecule has 2 aromatic carbocycles. The number of allylic oxidation sites excluding steroid dienone is 1. The van der Waals surface area contributed by atoms with Crippen LogP contribution in [0.2, 0.25) is 0 Å². The Morgan fingerprint density at radius 3 is 2.88 bits per heavy atom. The van der Waals surface area contributed by atoms with E-state index in [4.69, 9.17) is 9.15 Å². The predicted molar refractivity (Wildman–Crippen MR) is 128 cm³/mol. The number of hydrogen-bond acceptors (Lipinski definition) is 5. The molecule has 1 aromatic heterocycles. The van der Waals surface area contributed by atoms with Gasteiger partial charge >= 0.3 is 5.76 Å². The van der Waals surface area contributed by atoms with E-state index in [1.165, 1.54) is 10.6 Å². The largest absolute Gasteiger partial charge is 0.489 e. The highest BCUT2D eigenvalue weighted by atomic mass is 32.2. The third-order valence-electron chi connectivity index (χ3n) is 5.90. The van der Waals surface area contributed by atoms with Crippen molar-refractivity contribution in [3.63, 3.8) is 0 Å². The van der Waals surface area contributed by atoms with Crippen LogP contribution >= 0.6 is 0 Å². The standard InChI is InChI=1S/C25H25FN2O4S/c1-14(2)12-31-15-8-9-16(17(26)10-15)21-23-19(11-25(3,4)13-33(23)30)28-22-18(27-21)6-5-7-20(22)32-24(28)29/h5-10,21,27H,1,11-13H2,2-4H3. The van der Waals surface area contributed by atoms with E-state index in [0.717, 1.165) is 5.57 Å². The smallest absolute Gasteiger partial charge is 0.424 e. The molecule has 2 aliphatic rings. The summed E-state index contributed by atoms with van der Waals surface area (Å²) >= 11 is 0. The number of aromatic nitrogens is 1. The van der Waals surface area contributed by atoms with Gasteiger partial charge in [0, 0.05) is 23.1 Å². The van der Waals surface area contributed by atoms with Crippen molar-refractivity contribution in [1.29, 1.82) is 0 Å². The number of halogens is 1. The van der Waals surface area contributed by atoms with Gasteiger partial charge in [0.05, 0.1) is 27.4 Å². The molecule has 2 aliphatic heterocycles. The van der Waals surface area contributed by atoms with E-state index in [2.05, 4.69) is 11.9 Å². The van der Waals surface area contributed by atoms with Gasteiger partial charge in [-0.05, 0) is 48.6 Å². The number of fused-ring (bicyclic) bond motifs is 1. The molecule has 0 bridgehead atoms. The van der Waals surface area contributed by atoms with Crippen LogP contribution in [-0.2, 0) is 10.8 Å². The first kappa shape index (κ1) is 21.7. The van der Waals surface area contributed by atoms with Crippen molar-refractivity contribution in [1.82, 2.24) is 4.57 Å². The topological polar surface area (TPSA) is 73.5 Å². The van der Waals surface area contributed by atoms with Gasteiger partial charge in [-0.15, -0.1) is 0 Å². The van der Waals surface area contributed by atoms with Gasteiger partial charge in [0.15, 0.2) is 5.58 Å². The van der Waals surface area contributed by atoms with E-state index in [1.807, 2.05) is 26.8 Å². The average Bonchev–Trinajstić information content (AvgIpc) is 2.98. The number of benzene rings is 2. The molecule has 1 N–H and O–H groups in total. The summed E-state index contributed by atoms with van der Waals surface area (Å²) in [7, 11) is -1.44. The zero-order chi connectivity index (χ0) is 23.5. The Balaban J connectivity index is 1.72. The van der Waals surface area contributed by atoms with Crippen molar-refractivity contribution in [2.45, 2.75) is 33.2 Å². The quantitative estimate of drug-likeness (QED) is 0.533. The number of oxazole rings is 1. The molecule has 0 spiro atoms. The summed E-state index contributed by atoms with van der Waals surface area (Å²) in [5.74, 6) is -0.211. The van der Waals surface area contributed by atoms with Crippen LogP contribution in [0.4, 0.5) is 10.1 Å². The first-order chi connectivity index (χ1) is 15.6. The van der Waals surface area contributed by atoms with Gasteiger partial charge in [-0.1, -0.05) is 26.5 Å². The van der Waals surface area contributed by atoms with Crippen molar-refractivity contribution in [2.24, 2.45) is 5.41 Å². The lowest BCUT2D eigenvalue weighted by molar-refractivity contribution is 0.350. The molecule has 0 amide bonds. The van der Waals surface area contributed by atoms with Crippen LogP contribution in [0.25, 0.3) is 16.8 Å². The van der Waals surface area contributed by atoms with Crippen molar-refractivity contribution >= 4 is 33.3 Å². The Morgan fingerprint density at radius 2 is 2.15 bits per heavy atom. The van der Waals surface area contributed by atoms with Gasteiger partial charge in [0.2, 0.25) is 0 Å². The van der Waals surface area contributed by atoms with Gasteiger partial charge in [0.25, 0.3) is 0 Å². The summed E-state index contributed by atoms with van der Waals surface area (Å²) < 4.78 is 41.5. The maximum Gasteiger partial charge on any atom is 0.424 e. The van der Waals surface area contributed by atoms with Crippen LogP contribution in [0.1, 0.15) is 38.8 Å². The fraction of sp³-hybridized carbons (Fsp3) is 0.320. The summed E-state index contributed by atoms with van der Waals surface area (Å²) in [5.41, 5.74) is 3.10. The second kappa shape index (κ2) is 7.73. The molecule has 0 aliphatic carbocycles. The van der Waals surface area contributed by atoms with Gasteiger partial charge in [-0.2, -0.15) is 0 Å². The Kier molecular flexibility index (Phi) is 5.08. The third-order valence-corrected chi connectivity index (χ3v) is 7.91. The number of nitrogens with zero attached hydrogens (tertiary/aromatic N) is 1. The molecule has 2 unspecified atom stereocenters. The lowest BCUT2D eigenvalue weighted by Gasteiger charge is -2.34. The second-order valence-electron chi connectivity index (χ2n) is 9.50. The van der Waals surface area contributed by atoms with Crippen LogP contribution in [0.15, 0.2) is 62.7 Å². The minimum absolute atomic E-state index is 0.294. The fourth-order valence-corrected chi connectivity index (χ4v) is 6.39. The molecule has 0 saturated heterocycles. The minimum Gasteiger partial charge on any atom is -0.489 e. The highest BCUT2D eigenvalue weighted by Gasteiger charge is 2.41. The summed E-state index contributed by atoms with van der Waals surface area (Å²) in [5, 5.41) is 3.36. The van der Waals surface area contributed by atoms with Gasteiger partial charge in [-0.25, -0.2) is 13.8 Å². The zero-order valence-corrected chi connectivity index (χ0v) is 19.6. The van der Waals surface area contributed by atoms with Crippen molar-refractivity contribution < 1.29 is 17.8 Å². The van der Waals surface area contributed by atoms with E-state index >= 15 is 4.39 Å². The predicted octanol–water partition coefficient (Wildman–Crippen LogP) is 5.20. The van der Waals surface area contributed by atoms with Crippen LogP contribution in [-0.4, -0.2) is 21.1 Å². The van der Waals surface area contributed by atoms with E-state index < -0.39 is 28.4 Å². The number of hydrogen-bond donors (Lipinski definition) is 1. The molecular formula is C25H25FN2O4S. The molecule has 172 valence electrons.